The number of anilines is 1. The maximum atomic E-state index is 5.66. The van der Waals surface area contributed by atoms with Crippen LogP contribution in [0.5, 0.6) is 0 Å². The van der Waals surface area contributed by atoms with Crippen molar-refractivity contribution in [2.45, 2.75) is 26.2 Å². The van der Waals surface area contributed by atoms with Crippen molar-refractivity contribution in [2.24, 2.45) is 17.6 Å². The first kappa shape index (κ1) is 11.8. The molecule has 1 aliphatic heterocycles. The Morgan fingerprint density at radius 3 is 2.61 bits per heavy atom. The highest BCUT2D eigenvalue weighted by atomic mass is 32.1. The van der Waals surface area contributed by atoms with Gasteiger partial charge < -0.3 is 10.6 Å². The second kappa shape index (κ2) is 4.46. The van der Waals surface area contributed by atoms with Crippen LogP contribution >= 0.6 is 12.2 Å². The van der Waals surface area contributed by atoms with E-state index in [-0.39, 0.29) is 0 Å². The monoisotopic (exact) mass is 262 g/mol. The number of hydrogen-bond acceptors (Lipinski definition) is 4. The molecule has 18 heavy (non-hydrogen) atoms. The number of rotatable bonds is 2. The normalized spacial score (nSPS) is 26.4. The van der Waals surface area contributed by atoms with Gasteiger partial charge in [-0.2, -0.15) is 0 Å². The molecule has 1 saturated heterocycles. The second-order valence-electron chi connectivity index (χ2n) is 5.41. The number of nitrogens with two attached hydrogens (primary N) is 1. The topological polar surface area (TPSA) is 55.0 Å². The van der Waals surface area contributed by atoms with Crippen LogP contribution < -0.4 is 10.6 Å². The van der Waals surface area contributed by atoms with Crippen LogP contribution in [0.2, 0.25) is 0 Å². The Bertz CT molecular complexity index is 476. The zero-order chi connectivity index (χ0) is 12.7. The van der Waals surface area contributed by atoms with Crippen molar-refractivity contribution in [2.75, 3.05) is 18.0 Å². The fourth-order valence-electron chi connectivity index (χ4n) is 3.22. The SMILES string of the molecule is Cc1cc(C(N)=S)nc(N2CC3CCCC3C2)n1. The minimum atomic E-state index is 0.348. The van der Waals surface area contributed by atoms with Crippen LogP contribution in [0.15, 0.2) is 6.07 Å². The number of hydrogen-bond donors (Lipinski definition) is 1. The van der Waals surface area contributed by atoms with Crippen molar-refractivity contribution in [3.63, 3.8) is 0 Å². The summed E-state index contributed by atoms with van der Waals surface area (Å²) < 4.78 is 0. The fourth-order valence-corrected chi connectivity index (χ4v) is 3.32. The van der Waals surface area contributed by atoms with Crippen LogP contribution in [0.25, 0.3) is 0 Å². The van der Waals surface area contributed by atoms with E-state index in [1.807, 2.05) is 13.0 Å². The molecular weight excluding hydrogens is 244 g/mol. The van der Waals surface area contributed by atoms with Crippen LogP contribution in [0.4, 0.5) is 5.95 Å². The van der Waals surface area contributed by atoms with Crippen LogP contribution in [0, 0.1) is 18.8 Å². The van der Waals surface area contributed by atoms with E-state index in [0.29, 0.717) is 10.7 Å². The highest BCUT2D eigenvalue weighted by molar-refractivity contribution is 7.80. The molecule has 2 N–H and O–H groups in total. The van der Waals surface area contributed by atoms with Crippen molar-refractivity contribution < 1.29 is 0 Å². The number of nitrogens with zero attached hydrogens (tertiary/aromatic N) is 3. The zero-order valence-corrected chi connectivity index (χ0v) is 11.4. The van der Waals surface area contributed by atoms with Crippen molar-refractivity contribution in [1.29, 1.82) is 0 Å². The van der Waals surface area contributed by atoms with Gasteiger partial charge in [-0.05, 0) is 37.7 Å². The molecule has 3 rings (SSSR count). The molecule has 5 heteroatoms. The predicted octanol–water partition coefficient (Wildman–Crippen LogP) is 1.66. The van der Waals surface area contributed by atoms with Gasteiger partial charge in [-0.25, -0.2) is 9.97 Å². The third-order valence-corrected chi connectivity index (χ3v) is 4.31. The van der Waals surface area contributed by atoms with Crippen molar-refractivity contribution in [3.8, 4) is 0 Å². The van der Waals surface area contributed by atoms with Crippen LogP contribution in [-0.2, 0) is 0 Å². The molecule has 1 aromatic heterocycles. The Morgan fingerprint density at radius 2 is 2.00 bits per heavy atom. The molecule has 2 atom stereocenters. The summed E-state index contributed by atoms with van der Waals surface area (Å²) in [6.45, 7) is 4.14. The van der Waals surface area contributed by atoms with Gasteiger partial charge in [0.2, 0.25) is 5.95 Å². The third-order valence-electron chi connectivity index (χ3n) is 4.10. The van der Waals surface area contributed by atoms with Crippen molar-refractivity contribution in [3.05, 3.63) is 17.5 Å². The van der Waals surface area contributed by atoms with Gasteiger partial charge in [0, 0.05) is 18.8 Å². The van der Waals surface area contributed by atoms with Crippen LogP contribution in [0.3, 0.4) is 0 Å². The van der Waals surface area contributed by atoms with Gasteiger partial charge in [0.25, 0.3) is 0 Å². The first-order valence-electron chi connectivity index (χ1n) is 6.54. The van der Waals surface area contributed by atoms with E-state index in [4.69, 9.17) is 18.0 Å². The lowest BCUT2D eigenvalue weighted by atomic mass is 10.0. The van der Waals surface area contributed by atoms with E-state index in [1.54, 1.807) is 0 Å². The summed E-state index contributed by atoms with van der Waals surface area (Å²) in [5.74, 6) is 2.47. The van der Waals surface area contributed by atoms with E-state index in [1.165, 1.54) is 19.3 Å². The largest absolute Gasteiger partial charge is 0.388 e. The lowest BCUT2D eigenvalue weighted by Crippen LogP contribution is -2.25. The summed E-state index contributed by atoms with van der Waals surface area (Å²) in [7, 11) is 0. The first-order chi connectivity index (χ1) is 8.63. The molecule has 0 spiro atoms. The Balaban J connectivity index is 1.86. The number of aryl methyl sites for hydroxylation is 1. The quantitative estimate of drug-likeness (QED) is 0.821. The number of aromatic nitrogens is 2. The summed E-state index contributed by atoms with van der Waals surface area (Å²) in [4.78, 5) is 11.7. The smallest absolute Gasteiger partial charge is 0.226 e. The fraction of sp³-hybridized carbons (Fsp3) is 0.615. The Kier molecular flexibility index (Phi) is 2.93. The van der Waals surface area contributed by atoms with Gasteiger partial charge in [-0.3, -0.25) is 0 Å². The van der Waals surface area contributed by atoms with Crippen LogP contribution in [-0.4, -0.2) is 28.0 Å². The Labute approximate surface area is 113 Å². The highest BCUT2D eigenvalue weighted by Gasteiger charge is 2.37. The van der Waals surface area contributed by atoms with E-state index in [0.717, 1.165) is 36.6 Å². The van der Waals surface area contributed by atoms with Gasteiger partial charge in [0.15, 0.2) is 0 Å². The average Bonchev–Trinajstić information content (AvgIpc) is 2.87. The predicted molar refractivity (Wildman–Crippen MR) is 75.7 cm³/mol. The zero-order valence-electron chi connectivity index (χ0n) is 10.6. The summed E-state index contributed by atoms with van der Waals surface area (Å²) in [6.07, 6.45) is 4.10. The lowest BCUT2D eigenvalue weighted by Gasteiger charge is -2.18. The van der Waals surface area contributed by atoms with Crippen molar-refractivity contribution in [1.82, 2.24) is 9.97 Å². The van der Waals surface area contributed by atoms with Gasteiger partial charge in [0.1, 0.15) is 10.7 Å². The molecule has 1 aliphatic carbocycles. The van der Waals surface area contributed by atoms with Crippen LogP contribution in [0.1, 0.15) is 30.7 Å². The Morgan fingerprint density at radius 1 is 1.33 bits per heavy atom. The third kappa shape index (κ3) is 2.07. The standard InChI is InChI=1S/C13H18N4S/c1-8-5-11(12(14)18)16-13(15-8)17-6-9-3-2-4-10(9)7-17/h5,9-10H,2-4,6-7H2,1H3,(H2,14,18). The molecule has 2 fully saturated rings. The minimum Gasteiger partial charge on any atom is -0.388 e. The van der Waals surface area contributed by atoms with Gasteiger partial charge in [-0.15, -0.1) is 0 Å². The molecule has 0 bridgehead atoms. The molecule has 0 aromatic carbocycles. The average molecular weight is 262 g/mol. The first-order valence-corrected chi connectivity index (χ1v) is 6.95. The molecule has 2 aliphatic rings. The molecule has 2 heterocycles. The molecule has 2 unspecified atom stereocenters. The van der Waals surface area contributed by atoms with E-state index < -0.39 is 0 Å². The summed E-state index contributed by atoms with van der Waals surface area (Å²) in [5, 5.41) is 0. The lowest BCUT2D eigenvalue weighted by molar-refractivity contribution is 0.494. The number of fused-ring (bicyclic) bond motifs is 1. The summed E-state index contributed by atoms with van der Waals surface area (Å²) in [5.41, 5.74) is 7.28. The molecule has 4 nitrogen and oxygen atoms in total. The maximum Gasteiger partial charge on any atom is 0.226 e. The van der Waals surface area contributed by atoms with E-state index in [9.17, 15) is 0 Å². The molecule has 96 valence electrons. The molecule has 0 amide bonds. The molecule has 1 saturated carbocycles. The second-order valence-corrected chi connectivity index (χ2v) is 5.85. The Hall–Kier alpha value is -1.23. The summed E-state index contributed by atoms with van der Waals surface area (Å²) in [6, 6.07) is 1.85. The molecule has 0 radical (unpaired) electrons. The summed E-state index contributed by atoms with van der Waals surface area (Å²) >= 11 is 5.01. The van der Waals surface area contributed by atoms with Gasteiger partial charge >= 0.3 is 0 Å². The minimum absolute atomic E-state index is 0.348. The van der Waals surface area contributed by atoms with E-state index >= 15 is 0 Å². The highest BCUT2D eigenvalue weighted by Crippen LogP contribution is 2.38. The molecular formula is C13H18N4S. The molecule has 1 aromatic rings. The maximum absolute atomic E-state index is 5.66. The van der Waals surface area contributed by atoms with Gasteiger partial charge in [0.05, 0.1) is 0 Å². The van der Waals surface area contributed by atoms with Crippen molar-refractivity contribution >= 4 is 23.2 Å². The van der Waals surface area contributed by atoms with Gasteiger partial charge in [-0.1, -0.05) is 18.6 Å². The van der Waals surface area contributed by atoms with E-state index in [2.05, 4.69) is 14.9 Å². The number of thiocarbonyl (C=S) groups is 1.